The first kappa shape index (κ1) is 18.6. The minimum atomic E-state index is -4.04. The van der Waals surface area contributed by atoms with Gasteiger partial charge in [-0.3, -0.25) is 0 Å². The Bertz CT molecular complexity index is 1030. The van der Waals surface area contributed by atoms with Crippen LogP contribution in [0.5, 0.6) is 0 Å². The van der Waals surface area contributed by atoms with Crippen LogP contribution in [0.1, 0.15) is 20.9 Å². The summed E-state index contributed by atoms with van der Waals surface area (Å²) in [6, 6.07) is 10.5. The lowest BCUT2D eigenvalue weighted by atomic mass is 10.2. The molecule has 0 radical (unpaired) electrons. The van der Waals surface area contributed by atoms with Crippen LogP contribution in [0.25, 0.3) is 0 Å². The fraction of sp³-hybridized carbons (Fsp3) is 0.125. The molecular weight excluding hydrogens is 444 g/mol. The summed E-state index contributed by atoms with van der Waals surface area (Å²) in [5.41, 5.74) is 1.30. The maximum atomic E-state index is 12.6. The summed E-state index contributed by atoms with van der Waals surface area (Å²) >= 11 is 4.18. The van der Waals surface area contributed by atoms with Gasteiger partial charge in [0, 0.05) is 0 Å². The highest BCUT2D eigenvalue weighted by Gasteiger charge is 2.27. The van der Waals surface area contributed by atoms with Crippen LogP contribution < -0.4 is 4.72 Å². The number of nitrogens with zero attached hydrogens (tertiary/aromatic N) is 1. The van der Waals surface area contributed by atoms with Crippen LogP contribution in [0.3, 0.4) is 0 Å². The number of hydrogen-bond donors (Lipinski definition) is 1. The third-order valence-corrected chi connectivity index (χ3v) is 6.67. The Morgan fingerprint density at radius 3 is 2.69 bits per heavy atom. The molecule has 0 aliphatic heterocycles. The molecule has 10 heteroatoms. The SMILES string of the molecule is Cc1noc(NS(=O)(=O)c2ccsc2C(=O)OCc2ccccc2)c1Br. The topological polar surface area (TPSA) is 98.5 Å². The van der Waals surface area contributed by atoms with Gasteiger partial charge in [0.2, 0.25) is 0 Å². The lowest BCUT2D eigenvalue weighted by molar-refractivity contribution is 0.0474. The number of carbonyl (C=O) groups excluding carboxylic acids is 1. The monoisotopic (exact) mass is 456 g/mol. The molecule has 0 spiro atoms. The van der Waals surface area contributed by atoms with E-state index in [1.807, 2.05) is 30.3 Å². The fourth-order valence-electron chi connectivity index (χ4n) is 2.05. The maximum absolute atomic E-state index is 12.6. The van der Waals surface area contributed by atoms with Gasteiger partial charge < -0.3 is 9.26 Å². The lowest BCUT2D eigenvalue weighted by Crippen LogP contribution is -2.16. The van der Waals surface area contributed by atoms with E-state index in [1.165, 1.54) is 11.4 Å². The second-order valence-corrected chi connectivity index (χ2v) is 8.55. The van der Waals surface area contributed by atoms with E-state index < -0.39 is 16.0 Å². The number of ether oxygens (including phenoxy) is 1. The molecule has 7 nitrogen and oxygen atoms in total. The minimum Gasteiger partial charge on any atom is -0.457 e. The van der Waals surface area contributed by atoms with Gasteiger partial charge in [-0.1, -0.05) is 35.5 Å². The van der Waals surface area contributed by atoms with Crippen molar-refractivity contribution in [3.8, 4) is 0 Å². The highest BCUT2D eigenvalue weighted by Crippen LogP contribution is 2.30. The minimum absolute atomic E-state index is 0.0132. The molecule has 0 amide bonds. The molecule has 0 aliphatic carbocycles. The summed E-state index contributed by atoms with van der Waals surface area (Å²) in [4.78, 5) is 12.1. The average molecular weight is 457 g/mol. The highest BCUT2D eigenvalue weighted by molar-refractivity contribution is 9.10. The second kappa shape index (κ2) is 7.60. The number of esters is 1. The number of carbonyl (C=O) groups is 1. The van der Waals surface area contributed by atoms with E-state index in [2.05, 4.69) is 25.8 Å². The highest BCUT2D eigenvalue weighted by atomic mass is 79.9. The molecule has 0 aliphatic rings. The van der Waals surface area contributed by atoms with Gasteiger partial charge in [-0.05, 0) is 39.9 Å². The number of halogens is 1. The van der Waals surface area contributed by atoms with E-state index in [0.717, 1.165) is 16.9 Å². The van der Waals surface area contributed by atoms with Crippen LogP contribution in [0, 0.1) is 6.92 Å². The molecule has 0 bridgehead atoms. The van der Waals surface area contributed by atoms with Crippen LogP contribution in [0.15, 0.2) is 55.7 Å². The average Bonchev–Trinajstić information content (AvgIpc) is 3.24. The molecule has 2 aromatic heterocycles. The predicted molar refractivity (Wildman–Crippen MR) is 99.6 cm³/mol. The maximum Gasteiger partial charge on any atom is 0.350 e. The first-order chi connectivity index (χ1) is 12.4. The molecule has 136 valence electrons. The van der Waals surface area contributed by atoms with Crippen molar-refractivity contribution < 1.29 is 22.5 Å². The number of sulfonamides is 1. The van der Waals surface area contributed by atoms with Crippen LogP contribution in [0.2, 0.25) is 0 Å². The summed E-state index contributed by atoms with van der Waals surface area (Å²) in [5, 5.41) is 5.17. The largest absolute Gasteiger partial charge is 0.457 e. The number of rotatable bonds is 6. The van der Waals surface area contributed by atoms with Crippen molar-refractivity contribution >= 4 is 49.1 Å². The normalized spacial score (nSPS) is 11.3. The Hall–Kier alpha value is -2.17. The van der Waals surface area contributed by atoms with E-state index in [9.17, 15) is 13.2 Å². The van der Waals surface area contributed by atoms with Gasteiger partial charge in [-0.15, -0.1) is 11.3 Å². The van der Waals surface area contributed by atoms with E-state index >= 15 is 0 Å². The van der Waals surface area contributed by atoms with Gasteiger partial charge in [0.25, 0.3) is 15.9 Å². The molecule has 3 aromatic rings. The van der Waals surface area contributed by atoms with Gasteiger partial charge >= 0.3 is 5.97 Å². The van der Waals surface area contributed by atoms with Gasteiger partial charge in [0.15, 0.2) is 0 Å². The first-order valence-electron chi connectivity index (χ1n) is 7.31. The van der Waals surface area contributed by atoms with Crippen LogP contribution >= 0.6 is 27.3 Å². The zero-order valence-electron chi connectivity index (χ0n) is 13.4. The van der Waals surface area contributed by atoms with Crippen LogP contribution in [0.4, 0.5) is 5.88 Å². The third kappa shape index (κ3) is 3.97. The predicted octanol–water partition coefficient (Wildman–Crippen LogP) is 3.96. The molecule has 0 saturated heterocycles. The molecule has 0 atom stereocenters. The number of thiophene rings is 1. The molecule has 1 N–H and O–H groups in total. The van der Waals surface area contributed by atoms with Crippen molar-refractivity contribution in [3.63, 3.8) is 0 Å². The first-order valence-corrected chi connectivity index (χ1v) is 10.5. The summed E-state index contributed by atoms with van der Waals surface area (Å²) in [5.74, 6) is -0.769. The molecule has 0 unspecified atom stereocenters. The van der Waals surface area contributed by atoms with Crippen molar-refractivity contribution in [2.24, 2.45) is 0 Å². The Balaban J connectivity index is 1.78. The standard InChI is InChI=1S/C16H13BrN2O5S2/c1-10-13(17)15(24-18-10)19-26(21,22)12-7-8-25-14(12)16(20)23-9-11-5-3-2-4-6-11/h2-8,19H,9H2,1H3. The third-order valence-electron chi connectivity index (χ3n) is 3.33. The number of benzene rings is 1. The molecule has 3 rings (SSSR count). The zero-order valence-corrected chi connectivity index (χ0v) is 16.7. The summed E-state index contributed by atoms with van der Waals surface area (Å²) in [6.07, 6.45) is 0. The van der Waals surface area contributed by atoms with Crippen LogP contribution in [-0.4, -0.2) is 19.5 Å². The number of aromatic nitrogens is 1. The molecule has 0 saturated carbocycles. The van der Waals surface area contributed by atoms with Crippen molar-refractivity contribution in [1.29, 1.82) is 0 Å². The molecule has 0 fully saturated rings. The Kier molecular flexibility index (Phi) is 5.44. The fourth-order valence-corrected chi connectivity index (χ4v) is 4.73. The van der Waals surface area contributed by atoms with E-state index in [4.69, 9.17) is 9.26 Å². The lowest BCUT2D eigenvalue weighted by Gasteiger charge is -2.07. The van der Waals surface area contributed by atoms with Gasteiger partial charge in [-0.2, -0.15) is 0 Å². The van der Waals surface area contributed by atoms with Gasteiger partial charge in [0.1, 0.15) is 20.9 Å². The number of nitrogens with one attached hydrogen (secondary N) is 1. The van der Waals surface area contributed by atoms with E-state index in [1.54, 1.807) is 6.92 Å². The number of aryl methyl sites for hydroxylation is 1. The molecule has 2 heterocycles. The summed E-state index contributed by atoms with van der Waals surface area (Å²) in [7, 11) is -4.04. The Morgan fingerprint density at radius 1 is 1.31 bits per heavy atom. The van der Waals surface area contributed by atoms with Crippen LogP contribution in [-0.2, 0) is 21.4 Å². The van der Waals surface area contributed by atoms with E-state index in [-0.39, 0.29) is 22.3 Å². The Labute approximate surface area is 162 Å². The number of anilines is 1. The quantitative estimate of drug-likeness (QED) is 0.563. The molecule has 1 aromatic carbocycles. The Morgan fingerprint density at radius 2 is 2.04 bits per heavy atom. The van der Waals surface area contributed by atoms with Crippen molar-refractivity contribution in [1.82, 2.24) is 5.16 Å². The number of hydrogen-bond acceptors (Lipinski definition) is 7. The van der Waals surface area contributed by atoms with Crippen molar-refractivity contribution in [2.75, 3.05) is 4.72 Å². The zero-order chi connectivity index (χ0) is 18.7. The summed E-state index contributed by atoms with van der Waals surface area (Å²) in [6.45, 7) is 1.71. The van der Waals surface area contributed by atoms with Crippen molar-refractivity contribution in [3.05, 3.63) is 62.4 Å². The summed E-state index contributed by atoms with van der Waals surface area (Å²) < 4.78 is 38.0. The van der Waals surface area contributed by atoms with Gasteiger partial charge in [-0.25, -0.2) is 17.9 Å². The second-order valence-electron chi connectivity index (χ2n) is 5.19. The molecule has 26 heavy (non-hydrogen) atoms. The molecular formula is C16H13BrN2O5S2. The van der Waals surface area contributed by atoms with Gasteiger partial charge in [0.05, 0.1) is 5.69 Å². The smallest absolute Gasteiger partial charge is 0.350 e. The van der Waals surface area contributed by atoms with E-state index in [0.29, 0.717) is 10.2 Å². The van der Waals surface area contributed by atoms with Crippen molar-refractivity contribution in [2.45, 2.75) is 18.4 Å².